The molecular formula is C29H24F7N3O3. The summed E-state index contributed by atoms with van der Waals surface area (Å²) < 4.78 is 101. The van der Waals surface area contributed by atoms with Gasteiger partial charge in [-0.2, -0.15) is 26.3 Å². The smallest absolute Gasteiger partial charge is 0.408 e. The Morgan fingerprint density at radius 2 is 1.45 bits per heavy atom. The highest BCUT2D eigenvalue weighted by Crippen LogP contribution is 2.38. The molecule has 0 unspecified atom stereocenters. The van der Waals surface area contributed by atoms with Crippen LogP contribution in [0.3, 0.4) is 0 Å². The highest BCUT2D eigenvalue weighted by atomic mass is 19.4. The molecular weight excluding hydrogens is 571 g/mol. The van der Waals surface area contributed by atoms with E-state index in [1.807, 2.05) is 0 Å². The molecule has 13 heteroatoms. The standard InChI is InChI=1S/C29H24F7N3O3/c1-3-38(4-2)27(41)42-24-10-9-23-22(11-12-39(23)16-17-5-7-21(30)8-6-17)25(24)37-26(40)18-13-19(28(31,32)33)15-20(14-18)29(34,35)36/h5-15H,3-4,16H2,1-2H3,(H,37,40). The average Bonchev–Trinajstić information content (AvgIpc) is 3.33. The first-order valence-electron chi connectivity index (χ1n) is 12.6. The van der Waals surface area contributed by atoms with E-state index in [1.54, 1.807) is 42.8 Å². The van der Waals surface area contributed by atoms with Gasteiger partial charge in [0.05, 0.1) is 22.3 Å². The van der Waals surface area contributed by atoms with Crippen molar-refractivity contribution in [1.82, 2.24) is 9.47 Å². The molecule has 2 amide bonds. The molecule has 3 aromatic carbocycles. The van der Waals surface area contributed by atoms with Crippen LogP contribution in [0.25, 0.3) is 10.9 Å². The van der Waals surface area contributed by atoms with Crippen molar-refractivity contribution in [2.45, 2.75) is 32.7 Å². The molecule has 1 heterocycles. The van der Waals surface area contributed by atoms with Crippen molar-refractivity contribution >= 4 is 28.6 Å². The quantitative estimate of drug-likeness (QED) is 0.221. The van der Waals surface area contributed by atoms with E-state index in [4.69, 9.17) is 4.74 Å². The zero-order valence-corrected chi connectivity index (χ0v) is 22.2. The summed E-state index contributed by atoms with van der Waals surface area (Å²) in [6, 6.07) is 10.7. The summed E-state index contributed by atoms with van der Waals surface area (Å²) in [5, 5.41) is 2.65. The van der Waals surface area contributed by atoms with Crippen molar-refractivity contribution in [1.29, 1.82) is 0 Å². The van der Waals surface area contributed by atoms with E-state index in [2.05, 4.69) is 5.32 Å². The van der Waals surface area contributed by atoms with E-state index in [0.717, 1.165) is 5.56 Å². The third kappa shape index (κ3) is 6.67. The van der Waals surface area contributed by atoms with Crippen molar-refractivity contribution in [3.8, 4) is 5.75 Å². The van der Waals surface area contributed by atoms with Gasteiger partial charge in [0, 0.05) is 36.8 Å². The van der Waals surface area contributed by atoms with Gasteiger partial charge in [-0.05, 0) is 67.9 Å². The molecule has 1 N–H and O–H groups in total. The van der Waals surface area contributed by atoms with E-state index >= 15 is 0 Å². The number of benzene rings is 3. The van der Waals surface area contributed by atoms with Crippen molar-refractivity contribution < 1.29 is 45.1 Å². The molecule has 0 aliphatic rings. The number of nitrogens with one attached hydrogen (secondary N) is 1. The lowest BCUT2D eigenvalue weighted by molar-refractivity contribution is -0.143. The molecule has 0 saturated heterocycles. The van der Waals surface area contributed by atoms with Gasteiger partial charge in [0.15, 0.2) is 5.75 Å². The van der Waals surface area contributed by atoms with Crippen LogP contribution in [0.1, 0.15) is 40.9 Å². The van der Waals surface area contributed by atoms with E-state index in [0.29, 0.717) is 23.0 Å². The molecule has 1 aromatic heterocycles. The molecule has 0 bridgehead atoms. The minimum Gasteiger partial charge on any atom is -0.408 e. The lowest BCUT2D eigenvalue weighted by atomic mass is 10.0. The second-order valence-electron chi connectivity index (χ2n) is 9.23. The summed E-state index contributed by atoms with van der Waals surface area (Å²) in [6.45, 7) is 4.25. The Hall–Kier alpha value is -4.55. The van der Waals surface area contributed by atoms with E-state index < -0.39 is 46.9 Å². The summed E-state index contributed by atoms with van der Waals surface area (Å²) in [6.07, 6.45) is -9.47. The van der Waals surface area contributed by atoms with Crippen molar-refractivity contribution in [2.75, 3.05) is 18.4 Å². The summed E-state index contributed by atoms with van der Waals surface area (Å²) in [4.78, 5) is 27.2. The van der Waals surface area contributed by atoms with Crippen LogP contribution in [0, 0.1) is 5.82 Å². The molecule has 6 nitrogen and oxygen atoms in total. The van der Waals surface area contributed by atoms with E-state index in [1.165, 1.54) is 29.2 Å². The summed E-state index contributed by atoms with van der Waals surface area (Å²) in [7, 11) is 0. The van der Waals surface area contributed by atoms with Gasteiger partial charge in [0.2, 0.25) is 0 Å². The molecule has 0 spiro atoms. The van der Waals surface area contributed by atoms with Gasteiger partial charge in [0.1, 0.15) is 5.82 Å². The number of rotatable bonds is 7. The lowest BCUT2D eigenvalue weighted by Crippen LogP contribution is -2.33. The maximum Gasteiger partial charge on any atom is 0.416 e. The molecule has 0 aliphatic carbocycles. The maximum atomic E-state index is 13.4. The highest BCUT2D eigenvalue weighted by Gasteiger charge is 2.37. The zero-order valence-electron chi connectivity index (χ0n) is 22.2. The summed E-state index contributed by atoms with van der Waals surface area (Å²) in [5.41, 5.74) is -3.14. The number of anilines is 1. The molecule has 0 aliphatic heterocycles. The Labute approximate surface area is 235 Å². The molecule has 4 aromatic rings. The Morgan fingerprint density at radius 1 is 0.857 bits per heavy atom. The van der Waals surface area contributed by atoms with Crippen LogP contribution in [0.5, 0.6) is 5.75 Å². The Balaban J connectivity index is 1.80. The average molecular weight is 596 g/mol. The summed E-state index contributed by atoms with van der Waals surface area (Å²) >= 11 is 0. The molecule has 4 rings (SSSR count). The van der Waals surface area contributed by atoms with Gasteiger partial charge in [-0.1, -0.05) is 12.1 Å². The maximum absolute atomic E-state index is 13.4. The number of ether oxygens (including phenoxy) is 1. The molecule has 0 atom stereocenters. The van der Waals surface area contributed by atoms with Crippen molar-refractivity contribution in [2.24, 2.45) is 0 Å². The third-order valence-electron chi connectivity index (χ3n) is 6.49. The number of nitrogens with zero attached hydrogens (tertiary/aromatic N) is 2. The number of halogens is 7. The van der Waals surface area contributed by atoms with Crippen LogP contribution < -0.4 is 10.1 Å². The second-order valence-corrected chi connectivity index (χ2v) is 9.23. The Morgan fingerprint density at radius 3 is 2.00 bits per heavy atom. The third-order valence-corrected chi connectivity index (χ3v) is 6.49. The number of aromatic nitrogens is 1. The topological polar surface area (TPSA) is 63.6 Å². The first kappa shape index (κ1) is 30.4. The highest BCUT2D eigenvalue weighted by molar-refractivity contribution is 6.11. The molecule has 0 fully saturated rings. The molecule has 222 valence electrons. The van der Waals surface area contributed by atoms with Gasteiger partial charge in [-0.3, -0.25) is 4.79 Å². The fraction of sp³-hybridized carbons (Fsp3) is 0.241. The van der Waals surface area contributed by atoms with Crippen molar-refractivity contribution in [3.05, 3.63) is 94.9 Å². The Kier molecular flexibility index (Phi) is 8.50. The van der Waals surface area contributed by atoms with Crippen LogP contribution in [-0.2, 0) is 18.9 Å². The van der Waals surface area contributed by atoms with Crippen LogP contribution in [0.15, 0.2) is 66.9 Å². The van der Waals surface area contributed by atoms with Gasteiger partial charge >= 0.3 is 18.4 Å². The van der Waals surface area contributed by atoms with Gasteiger partial charge in [0.25, 0.3) is 5.91 Å². The largest absolute Gasteiger partial charge is 0.416 e. The molecule has 0 radical (unpaired) electrons. The fourth-order valence-electron chi connectivity index (χ4n) is 4.30. The van der Waals surface area contributed by atoms with Crippen LogP contribution >= 0.6 is 0 Å². The van der Waals surface area contributed by atoms with Gasteiger partial charge in [-0.15, -0.1) is 0 Å². The van der Waals surface area contributed by atoms with Crippen molar-refractivity contribution in [3.63, 3.8) is 0 Å². The number of hydrogen-bond donors (Lipinski definition) is 1. The van der Waals surface area contributed by atoms with E-state index in [-0.39, 0.29) is 37.1 Å². The first-order valence-corrected chi connectivity index (χ1v) is 12.6. The number of fused-ring (bicyclic) bond motifs is 1. The Bertz CT molecular complexity index is 1570. The first-order chi connectivity index (χ1) is 19.7. The second kappa shape index (κ2) is 11.7. The normalized spacial score (nSPS) is 11.9. The zero-order chi connectivity index (χ0) is 30.8. The number of amides is 2. The minimum absolute atomic E-state index is 0.0790. The predicted octanol–water partition coefficient (Wildman–Crippen LogP) is 7.96. The number of hydrogen-bond acceptors (Lipinski definition) is 3. The summed E-state index contributed by atoms with van der Waals surface area (Å²) in [5.74, 6) is -1.88. The SMILES string of the molecule is CCN(CC)C(=O)Oc1ccc2c(ccn2Cc2ccc(F)cc2)c1NC(=O)c1cc(C(F)(F)F)cc(C(F)(F)F)c1. The van der Waals surface area contributed by atoms with Gasteiger partial charge in [-0.25, -0.2) is 9.18 Å². The molecule has 0 saturated carbocycles. The van der Waals surface area contributed by atoms with Crippen LogP contribution in [0.2, 0.25) is 0 Å². The molecule has 42 heavy (non-hydrogen) atoms. The number of carbonyl (C=O) groups is 2. The van der Waals surface area contributed by atoms with Crippen LogP contribution in [-0.4, -0.2) is 34.6 Å². The van der Waals surface area contributed by atoms with Gasteiger partial charge < -0.3 is 19.5 Å². The monoisotopic (exact) mass is 595 g/mol. The predicted molar refractivity (Wildman–Crippen MR) is 141 cm³/mol. The number of carbonyl (C=O) groups excluding carboxylic acids is 2. The fourth-order valence-corrected chi connectivity index (χ4v) is 4.30. The minimum atomic E-state index is -5.15. The van der Waals surface area contributed by atoms with Crippen LogP contribution in [0.4, 0.5) is 41.2 Å². The number of alkyl halides is 6. The van der Waals surface area contributed by atoms with E-state index in [9.17, 15) is 40.3 Å². The lowest BCUT2D eigenvalue weighted by Gasteiger charge is -2.20.